The Balaban J connectivity index is 1.50. The predicted octanol–water partition coefficient (Wildman–Crippen LogP) is 2.46. The molecule has 2 aliphatic heterocycles. The zero-order valence-electron chi connectivity index (χ0n) is 16.4. The van der Waals surface area contributed by atoms with Gasteiger partial charge in [0.05, 0.1) is 55.8 Å². The molecule has 0 fully saturated rings. The SMILES string of the molecule is CN(C(=O)c1cc2c3c(c(N)nc2cn1)COC3)[C@@H]1COCc2cc(C#N)ccc21. The Morgan fingerprint density at radius 2 is 2.07 bits per heavy atom. The summed E-state index contributed by atoms with van der Waals surface area (Å²) in [6.07, 6.45) is 1.58. The first kappa shape index (κ1) is 18.5. The van der Waals surface area contributed by atoms with Gasteiger partial charge in [-0.25, -0.2) is 9.97 Å². The van der Waals surface area contributed by atoms with Crippen molar-refractivity contribution in [3.63, 3.8) is 0 Å². The number of nitrogens with two attached hydrogens (primary N) is 1. The maximum atomic E-state index is 13.3. The monoisotopic (exact) mass is 401 g/mol. The first-order valence-corrected chi connectivity index (χ1v) is 9.59. The summed E-state index contributed by atoms with van der Waals surface area (Å²) in [6, 6.07) is 9.12. The number of ether oxygens (including phenoxy) is 2. The molecule has 8 heteroatoms. The average Bonchev–Trinajstić information content (AvgIpc) is 3.28. The summed E-state index contributed by atoms with van der Waals surface area (Å²) >= 11 is 0. The van der Waals surface area contributed by atoms with Crippen molar-refractivity contribution in [2.45, 2.75) is 25.9 Å². The van der Waals surface area contributed by atoms with Gasteiger partial charge in [-0.2, -0.15) is 5.26 Å². The molecule has 2 aliphatic rings. The summed E-state index contributed by atoms with van der Waals surface area (Å²) in [4.78, 5) is 23.6. The molecule has 0 unspecified atom stereocenters. The summed E-state index contributed by atoms with van der Waals surface area (Å²) in [5.41, 5.74) is 11.3. The van der Waals surface area contributed by atoms with Crippen LogP contribution in [0.2, 0.25) is 0 Å². The Labute approximate surface area is 172 Å². The number of nitriles is 1. The highest BCUT2D eigenvalue weighted by molar-refractivity contribution is 5.97. The molecule has 8 nitrogen and oxygen atoms in total. The molecule has 0 aliphatic carbocycles. The minimum absolute atomic E-state index is 0.216. The normalized spacial score (nSPS) is 17.3. The lowest BCUT2D eigenvalue weighted by Crippen LogP contribution is -2.36. The van der Waals surface area contributed by atoms with Crippen molar-refractivity contribution in [3.05, 3.63) is 64.0 Å². The van der Waals surface area contributed by atoms with Gasteiger partial charge in [0.15, 0.2) is 0 Å². The Kier molecular flexibility index (Phi) is 4.35. The third-order valence-corrected chi connectivity index (χ3v) is 5.79. The number of amides is 1. The number of rotatable bonds is 2. The van der Waals surface area contributed by atoms with Crippen molar-refractivity contribution in [2.75, 3.05) is 19.4 Å². The second-order valence-electron chi connectivity index (χ2n) is 7.51. The number of nitrogen functional groups attached to an aromatic ring is 1. The van der Waals surface area contributed by atoms with Gasteiger partial charge in [-0.15, -0.1) is 0 Å². The van der Waals surface area contributed by atoms with E-state index in [0.717, 1.165) is 27.6 Å². The molecule has 0 spiro atoms. The first-order valence-electron chi connectivity index (χ1n) is 9.59. The summed E-state index contributed by atoms with van der Waals surface area (Å²) < 4.78 is 11.2. The van der Waals surface area contributed by atoms with Crippen molar-refractivity contribution in [1.82, 2.24) is 14.9 Å². The topological polar surface area (TPSA) is 114 Å². The maximum Gasteiger partial charge on any atom is 0.272 e. The number of pyridine rings is 2. The molecule has 1 atom stereocenters. The zero-order valence-corrected chi connectivity index (χ0v) is 16.4. The van der Waals surface area contributed by atoms with Crippen LogP contribution < -0.4 is 5.73 Å². The molecular formula is C22H19N5O3. The van der Waals surface area contributed by atoms with Crippen LogP contribution in [0.5, 0.6) is 0 Å². The lowest BCUT2D eigenvalue weighted by Gasteiger charge is -2.33. The molecule has 0 bridgehead atoms. The second-order valence-corrected chi connectivity index (χ2v) is 7.51. The average molecular weight is 401 g/mol. The Bertz CT molecular complexity index is 1230. The van der Waals surface area contributed by atoms with E-state index < -0.39 is 0 Å². The highest BCUT2D eigenvalue weighted by Gasteiger charge is 2.29. The zero-order chi connectivity index (χ0) is 20.8. The molecule has 0 saturated carbocycles. The van der Waals surface area contributed by atoms with E-state index in [-0.39, 0.29) is 11.9 Å². The number of hydrogen-bond donors (Lipinski definition) is 1. The van der Waals surface area contributed by atoms with E-state index in [1.165, 1.54) is 0 Å². The van der Waals surface area contributed by atoms with Gasteiger partial charge in [0, 0.05) is 18.0 Å². The molecule has 2 aromatic heterocycles. The van der Waals surface area contributed by atoms with Crippen LogP contribution in [-0.2, 0) is 29.3 Å². The molecule has 4 heterocycles. The van der Waals surface area contributed by atoms with Crippen molar-refractivity contribution in [1.29, 1.82) is 5.26 Å². The van der Waals surface area contributed by atoms with Gasteiger partial charge in [0.2, 0.25) is 0 Å². The van der Waals surface area contributed by atoms with E-state index in [4.69, 9.17) is 20.5 Å². The molecule has 2 N–H and O–H groups in total. The van der Waals surface area contributed by atoms with E-state index in [0.29, 0.717) is 49.0 Å². The lowest BCUT2D eigenvalue weighted by atomic mass is 9.96. The summed E-state index contributed by atoms with van der Waals surface area (Å²) in [6.45, 7) is 1.68. The first-order chi connectivity index (χ1) is 14.6. The van der Waals surface area contributed by atoms with Gasteiger partial charge < -0.3 is 20.1 Å². The molecule has 5 rings (SSSR count). The highest BCUT2D eigenvalue weighted by atomic mass is 16.5. The minimum atomic E-state index is -0.259. The van der Waals surface area contributed by atoms with Crippen molar-refractivity contribution in [2.24, 2.45) is 0 Å². The fourth-order valence-corrected chi connectivity index (χ4v) is 4.13. The highest BCUT2D eigenvalue weighted by Crippen LogP contribution is 2.33. The summed E-state index contributed by atoms with van der Waals surface area (Å²) in [5, 5.41) is 9.97. The Morgan fingerprint density at radius 1 is 1.23 bits per heavy atom. The number of carbonyl (C=O) groups excluding carboxylic acids is 1. The van der Waals surface area contributed by atoms with Crippen LogP contribution in [0, 0.1) is 11.3 Å². The van der Waals surface area contributed by atoms with Gasteiger partial charge in [-0.1, -0.05) is 6.07 Å². The van der Waals surface area contributed by atoms with E-state index in [9.17, 15) is 4.79 Å². The number of anilines is 1. The molecule has 0 radical (unpaired) electrons. The molecular weight excluding hydrogens is 382 g/mol. The van der Waals surface area contributed by atoms with Gasteiger partial charge in [-0.3, -0.25) is 4.79 Å². The molecule has 1 amide bonds. The second kappa shape index (κ2) is 7.06. The van der Waals surface area contributed by atoms with E-state index in [2.05, 4.69) is 16.0 Å². The van der Waals surface area contributed by atoms with Crippen LogP contribution in [0.15, 0.2) is 30.5 Å². The molecule has 30 heavy (non-hydrogen) atoms. The largest absolute Gasteiger partial charge is 0.383 e. The smallest absolute Gasteiger partial charge is 0.272 e. The fraction of sp³-hybridized carbons (Fsp3) is 0.273. The number of carbonyl (C=O) groups is 1. The number of nitrogens with zero attached hydrogens (tertiary/aromatic N) is 4. The number of hydrogen-bond acceptors (Lipinski definition) is 7. The van der Waals surface area contributed by atoms with Gasteiger partial charge in [0.25, 0.3) is 5.91 Å². The summed E-state index contributed by atoms with van der Waals surface area (Å²) in [5.74, 6) is 0.230. The number of likely N-dealkylation sites (N-methyl/N-ethyl adjacent to an activating group) is 1. The Hall–Kier alpha value is -3.54. The molecule has 150 valence electrons. The fourth-order valence-electron chi connectivity index (χ4n) is 4.13. The number of benzene rings is 1. The molecule has 1 aromatic carbocycles. The number of fused-ring (bicyclic) bond motifs is 4. The van der Waals surface area contributed by atoms with Crippen LogP contribution in [-0.4, -0.2) is 34.4 Å². The lowest BCUT2D eigenvalue weighted by molar-refractivity contribution is 0.0343. The minimum Gasteiger partial charge on any atom is -0.383 e. The van der Waals surface area contributed by atoms with Crippen molar-refractivity contribution >= 4 is 22.6 Å². The standard InChI is InChI=1S/C22H19N5O3/c1-27(20-11-29-8-13-4-12(6-23)2-3-14(13)20)22(28)18-5-15-16-9-30-10-17(16)21(24)26-19(15)7-25-18/h2-5,7,20H,8-11H2,1H3,(H2,24,26)/t20-/m1/s1. The quantitative estimate of drug-likeness (QED) is 0.701. The Morgan fingerprint density at radius 3 is 2.90 bits per heavy atom. The van der Waals surface area contributed by atoms with Crippen LogP contribution in [0.4, 0.5) is 5.82 Å². The third-order valence-electron chi connectivity index (χ3n) is 5.79. The van der Waals surface area contributed by atoms with E-state index in [1.54, 1.807) is 30.3 Å². The third kappa shape index (κ3) is 2.87. The number of aromatic nitrogens is 2. The van der Waals surface area contributed by atoms with E-state index in [1.807, 2.05) is 12.1 Å². The van der Waals surface area contributed by atoms with Crippen molar-refractivity contribution in [3.8, 4) is 6.07 Å². The summed E-state index contributed by atoms with van der Waals surface area (Å²) in [7, 11) is 1.74. The van der Waals surface area contributed by atoms with Crippen molar-refractivity contribution < 1.29 is 14.3 Å². The van der Waals surface area contributed by atoms with Crippen LogP contribution in [0.25, 0.3) is 10.9 Å². The van der Waals surface area contributed by atoms with Crippen LogP contribution in [0.3, 0.4) is 0 Å². The maximum absolute atomic E-state index is 13.3. The van der Waals surface area contributed by atoms with Crippen LogP contribution >= 0.6 is 0 Å². The van der Waals surface area contributed by atoms with Crippen LogP contribution in [0.1, 0.15) is 44.3 Å². The molecule has 3 aromatic rings. The van der Waals surface area contributed by atoms with Gasteiger partial charge in [0.1, 0.15) is 11.5 Å². The molecule has 0 saturated heterocycles. The van der Waals surface area contributed by atoms with Gasteiger partial charge in [-0.05, 0) is 34.9 Å². The van der Waals surface area contributed by atoms with Gasteiger partial charge >= 0.3 is 0 Å². The predicted molar refractivity (Wildman–Crippen MR) is 108 cm³/mol. The van der Waals surface area contributed by atoms with E-state index >= 15 is 0 Å².